The molecule has 0 bridgehead atoms. The quantitative estimate of drug-likeness (QED) is 0.494. The van der Waals surface area contributed by atoms with Gasteiger partial charge < -0.3 is 15.8 Å². The second-order valence-corrected chi connectivity index (χ2v) is 8.19. The molecule has 1 aliphatic rings. The van der Waals surface area contributed by atoms with E-state index in [1.165, 1.54) is 11.0 Å². The maximum absolute atomic E-state index is 13.4. The first-order valence-corrected chi connectivity index (χ1v) is 11.0. The number of hydrogen-bond donors (Lipinski definition) is 2. The van der Waals surface area contributed by atoms with Crippen LogP contribution in [0.1, 0.15) is 11.1 Å². The predicted molar refractivity (Wildman–Crippen MR) is 129 cm³/mol. The lowest BCUT2D eigenvalue weighted by Crippen LogP contribution is -2.41. The van der Waals surface area contributed by atoms with Crippen LogP contribution in [0.3, 0.4) is 0 Å². The molecule has 0 radical (unpaired) electrons. The van der Waals surface area contributed by atoms with Gasteiger partial charge in [0.1, 0.15) is 0 Å². The zero-order valence-electron chi connectivity index (χ0n) is 19.5. The summed E-state index contributed by atoms with van der Waals surface area (Å²) in [5.41, 5.74) is 7.45. The molecule has 1 unspecified atom stereocenters. The number of esters is 1. The van der Waals surface area contributed by atoms with Gasteiger partial charge in [-0.15, -0.1) is 0 Å². The SMILES string of the molecule is CN1C(=O)C(c2ccccc2)(c2cccc(-c3cccc(NC(=O)COC(=O)C(F)(F)F)c3)c2)N=C1N. The van der Waals surface area contributed by atoms with Gasteiger partial charge in [-0.1, -0.05) is 60.7 Å². The lowest BCUT2D eigenvalue weighted by molar-refractivity contribution is -0.199. The largest absolute Gasteiger partial charge is 0.490 e. The highest BCUT2D eigenvalue weighted by molar-refractivity contribution is 6.09. The van der Waals surface area contributed by atoms with E-state index in [1.807, 2.05) is 6.07 Å². The molecule has 0 aliphatic carbocycles. The van der Waals surface area contributed by atoms with Gasteiger partial charge in [0.05, 0.1) is 0 Å². The number of amides is 2. The number of nitrogens with two attached hydrogens (primary N) is 1. The van der Waals surface area contributed by atoms with Crippen molar-refractivity contribution in [2.75, 3.05) is 19.0 Å². The Balaban J connectivity index is 1.63. The molecular formula is C26H21F3N4O4. The predicted octanol–water partition coefficient (Wildman–Crippen LogP) is 3.43. The Kier molecular flexibility index (Phi) is 6.71. The van der Waals surface area contributed by atoms with Crippen molar-refractivity contribution in [2.45, 2.75) is 11.7 Å². The van der Waals surface area contributed by atoms with Gasteiger partial charge in [-0.2, -0.15) is 13.2 Å². The topological polar surface area (TPSA) is 114 Å². The minimum atomic E-state index is -5.19. The van der Waals surface area contributed by atoms with Crippen LogP contribution in [0.2, 0.25) is 0 Å². The summed E-state index contributed by atoms with van der Waals surface area (Å²) in [6.07, 6.45) is -5.19. The number of aliphatic imine (C=N–C) groups is 1. The molecule has 1 atom stereocenters. The molecule has 0 fully saturated rings. The van der Waals surface area contributed by atoms with Crippen molar-refractivity contribution in [3.63, 3.8) is 0 Å². The average Bonchev–Trinajstić information content (AvgIpc) is 3.12. The first-order chi connectivity index (χ1) is 17.5. The fourth-order valence-corrected chi connectivity index (χ4v) is 3.97. The molecule has 0 aromatic heterocycles. The van der Waals surface area contributed by atoms with Crippen LogP contribution in [0.15, 0.2) is 83.9 Å². The first kappa shape index (κ1) is 25.4. The molecule has 8 nitrogen and oxygen atoms in total. The molecule has 0 saturated carbocycles. The summed E-state index contributed by atoms with van der Waals surface area (Å²) >= 11 is 0. The number of anilines is 1. The number of likely N-dealkylation sites (N-methyl/N-ethyl adjacent to an activating group) is 1. The third kappa shape index (κ3) is 5.01. The Hall–Kier alpha value is -4.67. The van der Waals surface area contributed by atoms with Crippen molar-refractivity contribution >= 4 is 29.4 Å². The summed E-state index contributed by atoms with van der Waals surface area (Å²) in [5, 5.41) is 2.40. The normalized spacial score (nSPS) is 17.4. The standard InChI is InChI=1S/C26H21F3N4O4/c1-33-22(35)25(32-24(33)30,18-9-3-2-4-10-18)19-11-5-7-16(13-19)17-8-6-12-20(14-17)31-21(34)15-37-23(36)26(27,28)29/h2-14H,15H2,1H3,(H2,30,32)(H,31,34). The molecule has 2 amide bonds. The van der Waals surface area contributed by atoms with E-state index < -0.39 is 30.2 Å². The van der Waals surface area contributed by atoms with Crippen molar-refractivity contribution in [2.24, 2.45) is 10.7 Å². The smallest absolute Gasteiger partial charge is 0.449 e. The number of guanidine groups is 1. The number of carbonyl (C=O) groups excluding carboxylic acids is 3. The van der Waals surface area contributed by atoms with Crippen LogP contribution in [0, 0.1) is 0 Å². The zero-order chi connectivity index (χ0) is 26.8. The van der Waals surface area contributed by atoms with Crippen molar-refractivity contribution in [3.8, 4) is 11.1 Å². The lowest BCUT2D eigenvalue weighted by atomic mass is 9.82. The van der Waals surface area contributed by atoms with Crippen LogP contribution in [0.25, 0.3) is 11.1 Å². The number of ether oxygens (including phenoxy) is 1. The zero-order valence-corrected chi connectivity index (χ0v) is 19.5. The van der Waals surface area contributed by atoms with Crippen molar-refractivity contribution < 1.29 is 32.3 Å². The van der Waals surface area contributed by atoms with Gasteiger partial charge in [0.15, 0.2) is 18.1 Å². The molecule has 4 rings (SSSR count). The number of alkyl halides is 3. The number of carbonyl (C=O) groups is 3. The van der Waals surface area contributed by atoms with E-state index in [4.69, 9.17) is 5.73 Å². The van der Waals surface area contributed by atoms with E-state index in [-0.39, 0.29) is 17.6 Å². The van der Waals surface area contributed by atoms with Gasteiger partial charge >= 0.3 is 12.1 Å². The van der Waals surface area contributed by atoms with Gasteiger partial charge in [0.2, 0.25) is 0 Å². The number of rotatable bonds is 6. The Labute approximate surface area is 209 Å². The van der Waals surface area contributed by atoms with Crippen LogP contribution in [0.5, 0.6) is 0 Å². The summed E-state index contributed by atoms with van der Waals surface area (Å²) in [4.78, 5) is 42.1. The molecular weight excluding hydrogens is 489 g/mol. The highest BCUT2D eigenvalue weighted by atomic mass is 19.4. The second-order valence-electron chi connectivity index (χ2n) is 8.19. The third-order valence-electron chi connectivity index (χ3n) is 5.76. The molecule has 37 heavy (non-hydrogen) atoms. The van der Waals surface area contributed by atoms with Crippen molar-refractivity contribution in [1.82, 2.24) is 4.90 Å². The van der Waals surface area contributed by atoms with Gasteiger partial charge in [-0.3, -0.25) is 14.5 Å². The molecule has 11 heteroatoms. The molecule has 3 aromatic carbocycles. The Morgan fingerprint density at radius 2 is 1.59 bits per heavy atom. The minimum absolute atomic E-state index is 0.0789. The maximum atomic E-state index is 13.4. The van der Waals surface area contributed by atoms with E-state index in [9.17, 15) is 27.6 Å². The molecule has 0 spiro atoms. The summed E-state index contributed by atoms with van der Waals surface area (Å²) < 4.78 is 40.8. The Morgan fingerprint density at radius 1 is 0.973 bits per heavy atom. The van der Waals surface area contributed by atoms with Gasteiger partial charge in [-0.05, 0) is 40.5 Å². The number of hydrogen-bond acceptors (Lipinski definition) is 6. The monoisotopic (exact) mass is 510 g/mol. The fraction of sp³-hybridized carbons (Fsp3) is 0.154. The maximum Gasteiger partial charge on any atom is 0.490 e. The highest BCUT2D eigenvalue weighted by Crippen LogP contribution is 2.40. The first-order valence-electron chi connectivity index (χ1n) is 11.0. The summed E-state index contributed by atoms with van der Waals surface area (Å²) in [6, 6.07) is 22.6. The van der Waals surface area contributed by atoms with Crippen LogP contribution in [0.4, 0.5) is 18.9 Å². The van der Waals surface area contributed by atoms with E-state index in [2.05, 4.69) is 15.0 Å². The van der Waals surface area contributed by atoms with Crippen LogP contribution >= 0.6 is 0 Å². The summed E-state index contributed by atoms with van der Waals surface area (Å²) in [5.74, 6) is -3.62. The second kappa shape index (κ2) is 9.76. The minimum Gasteiger partial charge on any atom is -0.449 e. The Bertz CT molecular complexity index is 1390. The molecule has 0 saturated heterocycles. The van der Waals surface area contributed by atoms with Gasteiger partial charge in [-0.25, -0.2) is 9.79 Å². The van der Waals surface area contributed by atoms with Crippen LogP contribution < -0.4 is 11.1 Å². The van der Waals surface area contributed by atoms with E-state index >= 15 is 0 Å². The molecule has 3 N–H and O–H groups in total. The molecule has 3 aromatic rings. The molecule has 1 heterocycles. The average molecular weight is 510 g/mol. The summed E-state index contributed by atoms with van der Waals surface area (Å²) in [7, 11) is 1.55. The van der Waals surface area contributed by atoms with Crippen LogP contribution in [-0.4, -0.2) is 48.5 Å². The molecule has 190 valence electrons. The number of nitrogens with zero attached hydrogens (tertiary/aromatic N) is 2. The molecule has 1 aliphatic heterocycles. The highest BCUT2D eigenvalue weighted by Gasteiger charge is 2.49. The number of halogens is 3. The lowest BCUT2D eigenvalue weighted by Gasteiger charge is -2.26. The van der Waals surface area contributed by atoms with Crippen LogP contribution in [-0.2, 0) is 24.7 Å². The van der Waals surface area contributed by atoms with Crippen molar-refractivity contribution in [3.05, 3.63) is 90.0 Å². The van der Waals surface area contributed by atoms with E-state index in [0.29, 0.717) is 22.3 Å². The number of nitrogens with one attached hydrogen (secondary N) is 1. The Morgan fingerprint density at radius 3 is 2.22 bits per heavy atom. The third-order valence-corrected chi connectivity index (χ3v) is 5.76. The van der Waals surface area contributed by atoms with Crippen molar-refractivity contribution in [1.29, 1.82) is 0 Å². The van der Waals surface area contributed by atoms with Gasteiger partial charge in [0, 0.05) is 12.7 Å². The van der Waals surface area contributed by atoms with Gasteiger partial charge in [0.25, 0.3) is 11.8 Å². The van der Waals surface area contributed by atoms with E-state index in [1.54, 1.807) is 73.8 Å². The van der Waals surface area contributed by atoms with E-state index in [0.717, 1.165) is 0 Å². The fourth-order valence-electron chi connectivity index (χ4n) is 3.97. The number of benzene rings is 3. The summed E-state index contributed by atoms with van der Waals surface area (Å²) in [6.45, 7) is -1.09.